The molecule has 0 bridgehead atoms. The molecule has 0 saturated carbocycles. The molecule has 25 heteroatoms. The van der Waals surface area contributed by atoms with Crippen LogP contribution in [0.3, 0.4) is 0 Å². The van der Waals surface area contributed by atoms with Crippen molar-refractivity contribution in [2.24, 2.45) is 0 Å². The van der Waals surface area contributed by atoms with Crippen LogP contribution in [0.2, 0.25) is 0 Å². The molecule has 6 aromatic carbocycles. The minimum atomic E-state index is -1.16. The standard InChI is InChI=1S/2C15H14FNO6.C9H12O4.C6H3F2NO2.CH4/c1-20-13-7-10(8-14(21-2)15(13)22-3)23-9-4-5-12(17(18)19)11(16)6-9;1-20-13-7-10(8-14(21-2)15(13)22-3)23-12-6-9(16)4-5-11(12)17(18)19;1-11-7-4-6(10)5-8(12-2)9(7)13-3;7-4-1-2-6(9(10)11)5(8)3-4;/h2*4-8H,1-3H3;4-5,10H,1-3H3;1-3H;1H4. The van der Waals surface area contributed by atoms with Crippen LogP contribution in [0.5, 0.6) is 80.5 Å². The summed E-state index contributed by atoms with van der Waals surface area (Å²) in [5, 5.41) is 40.8. The summed E-state index contributed by atoms with van der Waals surface area (Å²) in [7, 11) is 13.2. The van der Waals surface area contributed by atoms with Gasteiger partial charge in [0.25, 0.3) is 0 Å². The maximum atomic E-state index is 13.6. The van der Waals surface area contributed by atoms with Crippen molar-refractivity contribution in [1.29, 1.82) is 0 Å². The molecular weight excluding hydrogens is 959 g/mol. The number of nitrogens with zero attached hydrogens (tertiary/aromatic N) is 3. The summed E-state index contributed by atoms with van der Waals surface area (Å²) in [6, 6.07) is 17.2. The number of phenolic OH excluding ortho intramolecular Hbond substituents is 1. The molecule has 1 N–H and O–H groups in total. The Hall–Kier alpha value is -9.16. The van der Waals surface area contributed by atoms with Crippen LogP contribution >= 0.6 is 0 Å². The Kier molecular flexibility index (Phi) is 22.5. The second-order valence-corrected chi connectivity index (χ2v) is 12.9. The second-order valence-electron chi connectivity index (χ2n) is 12.9. The Balaban J connectivity index is 0.000000338. The summed E-state index contributed by atoms with van der Waals surface area (Å²) in [5.74, 6) is 0.230. The first-order valence-corrected chi connectivity index (χ1v) is 19.3. The first-order valence-electron chi connectivity index (χ1n) is 19.3. The number of benzene rings is 6. The van der Waals surface area contributed by atoms with Gasteiger partial charge < -0.3 is 57.2 Å². The lowest BCUT2D eigenvalue weighted by Crippen LogP contribution is -1.97. The largest absolute Gasteiger partial charge is 0.508 e. The zero-order valence-corrected chi connectivity index (χ0v) is 38.4. The number of nitro groups is 3. The molecule has 0 heterocycles. The smallest absolute Gasteiger partial charge is 0.311 e. The summed E-state index contributed by atoms with van der Waals surface area (Å²) in [5.41, 5.74) is -1.70. The highest BCUT2D eigenvalue weighted by molar-refractivity contribution is 5.59. The van der Waals surface area contributed by atoms with Crippen LogP contribution in [-0.2, 0) is 0 Å². The minimum Gasteiger partial charge on any atom is -0.508 e. The van der Waals surface area contributed by atoms with Gasteiger partial charge in [-0.1, -0.05) is 7.43 Å². The van der Waals surface area contributed by atoms with Crippen molar-refractivity contribution in [1.82, 2.24) is 0 Å². The second kappa shape index (κ2) is 27.6. The van der Waals surface area contributed by atoms with E-state index in [1.54, 1.807) is 0 Å². The molecular formula is C46H47F4N3O18. The van der Waals surface area contributed by atoms with Crippen LogP contribution in [0.15, 0.2) is 91.0 Å². The molecule has 6 aromatic rings. The van der Waals surface area contributed by atoms with Crippen molar-refractivity contribution in [2.75, 3.05) is 64.0 Å². The third-order valence-electron chi connectivity index (χ3n) is 8.73. The molecule has 0 aliphatic heterocycles. The topological polar surface area (TPSA) is 251 Å². The molecule has 0 aromatic heterocycles. The van der Waals surface area contributed by atoms with E-state index in [9.17, 15) is 53.0 Å². The molecule has 6 rings (SSSR count). The van der Waals surface area contributed by atoms with Gasteiger partial charge in [0.2, 0.25) is 34.6 Å². The molecule has 0 saturated heterocycles. The van der Waals surface area contributed by atoms with E-state index in [-0.39, 0.29) is 36.1 Å². The number of halogens is 4. The fourth-order valence-electron chi connectivity index (χ4n) is 5.61. The van der Waals surface area contributed by atoms with Gasteiger partial charge in [-0.2, -0.15) is 8.78 Å². The number of aromatic hydroxyl groups is 1. The summed E-state index contributed by atoms with van der Waals surface area (Å²) in [6.07, 6.45) is 0. The summed E-state index contributed by atoms with van der Waals surface area (Å²) < 4.78 is 109. The Morgan fingerprint density at radius 2 is 0.704 bits per heavy atom. The van der Waals surface area contributed by atoms with Gasteiger partial charge in [0.05, 0.1) is 78.8 Å². The van der Waals surface area contributed by atoms with Crippen LogP contribution in [0.1, 0.15) is 7.43 Å². The van der Waals surface area contributed by atoms with Crippen LogP contribution in [0.4, 0.5) is 34.6 Å². The van der Waals surface area contributed by atoms with Crippen LogP contribution in [0, 0.1) is 53.6 Å². The lowest BCUT2D eigenvalue weighted by Gasteiger charge is -2.14. The van der Waals surface area contributed by atoms with E-state index in [4.69, 9.17) is 52.1 Å². The van der Waals surface area contributed by atoms with Crippen molar-refractivity contribution in [3.8, 4) is 80.5 Å². The Labute approximate surface area is 402 Å². The lowest BCUT2D eigenvalue weighted by atomic mass is 10.2. The van der Waals surface area contributed by atoms with Crippen molar-refractivity contribution < 1.29 is 89.5 Å². The minimum absolute atomic E-state index is 0. The van der Waals surface area contributed by atoms with E-state index >= 15 is 0 Å². The van der Waals surface area contributed by atoms with Crippen LogP contribution in [-0.4, -0.2) is 83.9 Å². The van der Waals surface area contributed by atoms with E-state index in [0.29, 0.717) is 63.6 Å². The van der Waals surface area contributed by atoms with Crippen molar-refractivity contribution >= 4 is 17.1 Å². The zero-order chi connectivity index (χ0) is 52.2. The average Bonchev–Trinajstić information content (AvgIpc) is 3.33. The highest BCUT2D eigenvalue weighted by atomic mass is 19.1. The first-order chi connectivity index (χ1) is 33.3. The average molecular weight is 1010 g/mol. The van der Waals surface area contributed by atoms with Crippen LogP contribution in [0.25, 0.3) is 0 Å². The summed E-state index contributed by atoms with van der Waals surface area (Å²) in [4.78, 5) is 29.2. The number of rotatable bonds is 16. The fraction of sp³-hybridized carbons (Fsp3) is 0.217. The normalized spacial score (nSPS) is 9.76. The number of nitro benzene ring substituents is 3. The molecule has 0 unspecified atom stereocenters. The van der Waals surface area contributed by atoms with Crippen LogP contribution < -0.4 is 52.1 Å². The van der Waals surface area contributed by atoms with Gasteiger partial charge in [-0.05, 0) is 18.2 Å². The van der Waals surface area contributed by atoms with Crippen molar-refractivity contribution in [3.05, 3.63) is 145 Å². The number of hydrogen-bond donors (Lipinski definition) is 1. The molecule has 0 atom stereocenters. The molecule has 382 valence electrons. The monoisotopic (exact) mass is 1010 g/mol. The lowest BCUT2D eigenvalue weighted by molar-refractivity contribution is -0.387. The van der Waals surface area contributed by atoms with Gasteiger partial charge in [0.1, 0.15) is 34.6 Å². The Bertz CT molecular complexity index is 2710. The van der Waals surface area contributed by atoms with E-state index < -0.39 is 49.4 Å². The maximum absolute atomic E-state index is 13.6. The van der Waals surface area contributed by atoms with E-state index in [1.807, 2.05) is 0 Å². The molecule has 0 amide bonds. The van der Waals surface area contributed by atoms with Gasteiger partial charge in [-0.25, -0.2) is 8.78 Å². The predicted octanol–water partition coefficient (Wildman–Crippen LogP) is 11.0. The quantitative estimate of drug-likeness (QED) is 0.0537. The molecule has 71 heavy (non-hydrogen) atoms. The SMILES string of the molecule is C.COc1cc(O)cc(OC)c1OC.COc1cc(Oc2cc(F)ccc2[N+](=O)[O-])cc(OC)c1OC.COc1cc(Oc2ccc([N+](=O)[O-])c(F)c2)cc(OC)c1OC.O=[N+]([O-])c1ccc(F)cc1F. The first kappa shape index (κ1) is 58.0. The molecule has 21 nitrogen and oxygen atoms in total. The fourth-order valence-corrected chi connectivity index (χ4v) is 5.61. The molecule has 0 radical (unpaired) electrons. The van der Waals surface area contributed by atoms with E-state index in [2.05, 4.69) is 0 Å². The number of ether oxygens (including phenoxy) is 11. The summed E-state index contributed by atoms with van der Waals surface area (Å²) >= 11 is 0. The predicted molar refractivity (Wildman–Crippen MR) is 246 cm³/mol. The van der Waals surface area contributed by atoms with Crippen molar-refractivity contribution in [2.45, 2.75) is 7.43 Å². The third kappa shape index (κ3) is 15.7. The van der Waals surface area contributed by atoms with Crippen molar-refractivity contribution in [3.63, 3.8) is 0 Å². The van der Waals surface area contributed by atoms with Gasteiger partial charge in [0.15, 0.2) is 34.5 Å². The highest BCUT2D eigenvalue weighted by Gasteiger charge is 2.21. The highest BCUT2D eigenvalue weighted by Crippen LogP contribution is 2.44. The van der Waals surface area contributed by atoms with E-state index in [0.717, 1.165) is 42.5 Å². The Morgan fingerprint density at radius 3 is 1.04 bits per heavy atom. The van der Waals surface area contributed by atoms with Gasteiger partial charge in [-0.3, -0.25) is 30.3 Å². The molecule has 0 aliphatic carbocycles. The number of methoxy groups -OCH3 is 9. The Morgan fingerprint density at radius 1 is 0.380 bits per heavy atom. The third-order valence-corrected chi connectivity index (χ3v) is 8.73. The van der Waals surface area contributed by atoms with Gasteiger partial charge >= 0.3 is 17.1 Å². The summed E-state index contributed by atoms with van der Waals surface area (Å²) in [6.45, 7) is 0. The zero-order valence-electron chi connectivity index (χ0n) is 38.4. The number of hydrogen-bond acceptors (Lipinski definition) is 18. The van der Waals surface area contributed by atoms with E-state index in [1.165, 1.54) is 106 Å². The molecule has 0 spiro atoms. The van der Waals surface area contributed by atoms with Gasteiger partial charge in [0, 0.05) is 72.8 Å². The molecule has 0 fully saturated rings. The molecule has 0 aliphatic rings. The maximum Gasteiger partial charge on any atom is 0.311 e. The number of phenols is 1. The van der Waals surface area contributed by atoms with Gasteiger partial charge in [-0.15, -0.1) is 0 Å².